The Morgan fingerprint density at radius 3 is 3.10 bits per heavy atom. The van der Waals surface area contributed by atoms with Crippen LogP contribution in [0.5, 0.6) is 5.75 Å². The Hall–Kier alpha value is -1.55. The number of fused-ring (bicyclic) bond motifs is 1. The van der Waals surface area contributed by atoms with E-state index in [1.165, 1.54) is 18.4 Å². The maximum atomic E-state index is 11.4. The molecule has 0 saturated heterocycles. The molecule has 0 bridgehead atoms. The lowest BCUT2D eigenvalue weighted by molar-refractivity contribution is -0.116. The van der Waals surface area contributed by atoms with Crippen molar-refractivity contribution in [1.29, 1.82) is 0 Å². The predicted molar refractivity (Wildman–Crippen MR) is 83.7 cm³/mol. The summed E-state index contributed by atoms with van der Waals surface area (Å²) in [5, 5.41) is 6.48. The Kier molecular flexibility index (Phi) is 4.44. The van der Waals surface area contributed by atoms with Crippen LogP contribution in [0, 0.1) is 0 Å². The molecule has 114 valence electrons. The maximum Gasteiger partial charge on any atom is 0.224 e. The summed E-state index contributed by atoms with van der Waals surface area (Å²) in [6, 6.07) is 6.62. The van der Waals surface area contributed by atoms with Gasteiger partial charge in [-0.2, -0.15) is 0 Å². The van der Waals surface area contributed by atoms with Gasteiger partial charge in [-0.15, -0.1) is 0 Å². The molecule has 4 heteroatoms. The minimum atomic E-state index is 0.108. The summed E-state index contributed by atoms with van der Waals surface area (Å²) in [6.45, 7) is 3.29. The molecule has 4 nitrogen and oxygen atoms in total. The lowest BCUT2D eigenvalue weighted by atomic mass is 10.0. The van der Waals surface area contributed by atoms with E-state index in [-0.39, 0.29) is 5.91 Å². The van der Waals surface area contributed by atoms with Crippen molar-refractivity contribution in [2.75, 3.05) is 11.9 Å². The number of benzene rings is 1. The molecule has 1 amide bonds. The topological polar surface area (TPSA) is 50.4 Å². The predicted octanol–water partition coefficient (Wildman–Crippen LogP) is 2.87. The molecule has 1 aromatic rings. The van der Waals surface area contributed by atoms with E-state index in [0.29, 0.717) is 18.6 Å². The molecule has 2 N–H and O–H groups in total. The molecule has 1 saturated carbocycles. The van der Waals surface area contributed by atoms with E-state index < -0.39 is 0 Å². The Morgan fingerprint density at radius 1 is 1.33 bits per heavy atom. The number of ether oxygens (including phenoxy) is 1. The number of nitrogens with one attached hydrogen (secondary N) is 2. The van der Waals surface area contributed by atoms with Gasteiger partial charge in [-0.3, -0.25) is 4.79 Å². The van der Waals surface area contributed by atoms with Gasteiger partial charge in [0.15, 0.2) is 0 Å². The minimum absolute atomic E-state index is 0.108. The standard InChI is InChI=1S/C17H24N2O2/c1-2-9-18-13-4-5-15(11-13)21-14-6-7-16-12(10-14)3-8-17(20)19-16/h6-7,10,13,15,18H,2-5,8-9,11H2,1H3,(H,19,20). The van der Waals surface area contributed by atoms with E-state index in [0.717, 1.165) is 37.2 Å². The maximum absolute atomic E-state index is 11.4. The van der Waals surface area contributed by atoms with Gasteiger partial charge in [0.1, 0.15) is 11.9 Å². The fourth-order valence-corrected chi connectivity index (χ4v) is 3.21. The number of aryl methyl sites for hydroxylation is 1. The smallest absolute Gasteiger partial charge is 0.224 e. The Balaban J connectivity index is 1.58. The molecule has 0 spiro atoms. The summed E-state index contributed by atoms with van der Waals surface area (Å²) in [5.41, 5.74) is 2.12. The normalized spacial score (nSPS) is 24.5. The van der Waals surface area contributed by atoms with Crippen molar-refractivity contribution in [3.63, 3.8) is 0 Å². The van der Waals surface area contributed by atoms with Crippen LogP contribution in [0.4, 0.5) is 5.69 Å². The van der Waals surface area contributed by atoms with Gasteiger partial charge in [-0.1, -0.05) is 6.92 Å². The minimum Gasteiger partial charge on any atom is -0.490 e. The summed E-state index contributed by atoms with van der Waals surface area (Å²) in [6.07, 6.45) is 6.29. The van der Waals surface area contributed by atoms with Crippen LogP contribution in [-0.2, 0) is 11.2 Å². The van der Waals surface area contributed by atoms with Crippen LogP contribution in [0.25, 0.3) is 0 Å². The second-order valence-electron chi connectivity index (χ2n) is 6.07. The third-order valence-electron chi connectivity index (χ3n) is 4.34. The van der Waals surface area contributed by atoms with Gasteiger partial charge in [0, 0.05) is 18.2 Å². The molecular formula is C17H24N2O2. The molecule has 3 rings (SSSR count). The molecule has 0 radical (unpaired) electrons. The van der Waals surface area contributed by atoms with Crippen LogP contribution in [0.15, 0.2) is 18.2 Å². The van der Waals surface area contributed by atoms with Gasteiger partial charge < -0.3 is 15.4 Å². The zero-order valence-electron chi connectivity index (χ0n) is 12.7. The van der Waals surface area contributed by atoms with Gasteiger partial charge in [-0.25, -0.2) is 0 Å². The van der Waals surface area contributed by atoms with Crippen LogP contribution in [0.2, 0.25) is 0 Å². The number of anilines is 1. The molecule has 2 aliphatic rings. The van der Waals surface area contributed by atoms with Crippen molar-refractivity contribution in [1.82, 2.24) is 5.32 Å². The van der Waals surface area contributed by atoms with Gasteiger partial charge in [-0.05, 0) is 62.4 Å². The van der Waals surface area contributed by atoms with Crippen molar-refractivity contribution in [3.8, 4) is 5.75 Å². The third kappa shape index (κ3) is 3.56. The monoisotopic (exact) mass is 288 g/mol. The first kappa shape index (κ1) is 14.4. The highest BCUT2D eigenvalue weighted by molar-refractivity contribution is 5.93. The average molecular weight is 288 g/mol. The summed E-state index contributed by atoms with van der Waals surface area (Å²) >= 11 is 0. The largest absolute Gasteiger partial charge is 0.490 e. The van der Waals surface area contributed by atoms with E-state index in [1.807, 2.05) is 12.1 Å². The van der Waals surface area contributed by atoms with Gasteiger partial charge >= 0.3 is 0 Å². The zero-order chi connectivity index (χ0) is 14.7. The summed E-state index contributed by atoms with van der Waals surface area (Å²) in [4.78, 5) is 11.4. The molecule has 2 atom stereocenters. The second kappa shape index (κ2) is 6.48. The number of hydrogen-bond donors (Lipinski definition) is 2. The highest BCUT2D eigenvalue weighted by Gasteiger charge is 2.26. The summed E-state index contributed by atoms with van der Waals surface area (Å²) < 4.78 is 6.13. The third-order valence-corrected chi connectivity index (χ3v) is 4.34. The highest BCUT2D eigenvalue weighted by atomic mass is 16.5. The van der Waals surface area contributed by atoms with Crippen LogP contribution in [-0.4, -0.2) is 24.6 Å². The number of carbonyl (C=O) groups is 1. The van der Waals surface area contributed by atoms with Crippen molar-refractivity contribution in [3.05, 3.63) is 23.8 Å². The fraction of sp³-hybridized carbons (Fsp3) is 0.588. The molecular weight excluding hydrogens is 264 g/mol. The molecule has 1 heterocycles. The van der Waals surface area contributed by atoms with Crippen LogP contribution in [0.1, 0.15) is 44.6 Å². The van der Waals surface area contributed by atoms with E-state index in [1.54, 1.807) is 0 Å². The molecule has 21 heavy (non-hydrogen) atoms. The van der Waals surface area contributed by atoms with E-state index in [2.05, 4.69) is 23.6 Å². The first-order valence-electron chi connectivity index (χ1n) is 8.07. The number of carbonyl (C=O) groups excluding carboxylic acids is 1. The van der Waals surface area contributed by atoms with Crippen molar-refractivity contribution in [2.45, 2.75) is 57.6 Å². The molecule has 0 aromatic heterocycles. The van der Waals surface area contributed by atoms with Crippen LogP contribution >= 0.6 is 0 Å². The van der Waals surface area contributed by atoms with Crippen LogP contribution < -0.4 is 15.4 Å². The first-order valence-corrected chi connectivity index (χ1v) is 8.07. The SMILES string of the molecule is CCCNC1CCC(Oc2ccc3c(c2)CCC(=O)N3)C1. The Labute approximate surface area is 126 Å². The van der Waals surface area contributed by atoms with Crippen molar-refractivity contribution in [2.24, 2.45) is 0 Å². The lowest BCUT2D eigenvalue weighted by Crippen LogP contribution is -2.28. The second-order valence-corrected chi connectivity index (χ2v) is 6.07. The number of rotatable bonds is 5. The number of hydrogen-bond acceptors (Lipinski definition) is 3. The Morgan fingerprint density at radius 2 is 2.24 bits per heavy atom. The Bertz CT molecular complexity index is 516. The average Bonchev–Trinajstić information content (AvgIpc) is 2.93. The van der Waals surface area contributed by atoms with E-state index in [4.69, 9.17) is 4.74 Å². The lowest BCUT2D eigenvalue weighted by Gasteiger charge is -2.19. The van der Waals surface area contributed by atoms with Gasteiger partial charge in [0.25, 0.3) is 0 Å². The van der Waals surface area contributed by atoms with E-state index in [9.17, 15) is 4.79 Å². The van der Waals surface area contributed by atoms with Gasteiger partial charge in [0.05, 0.1) is 0 Å². The van der Waals surface area contributed by atoms with Crippen molar-refractivity contribution >= 4 is 11.6 Å². The molecule has 1 fully saturated rings. The summed E-state index contributed by atoms with van der Waals surface area (Å²) in [7, 11) is 0. The molecule has 1 aliphatic heterocycles. The van der Waals surface area contributed by atoms with Gasteiger partial charge in [0.2, 0.25) is 5.91 Å². The molecule has 1 aromatic carbocycles. The number of amides is 1. The first-order chi connectivity index (χ1) is 10.2. The summed E-state index contributed by atoms with van der Waals surface area (Å²) in [5.74, 6) is 1.04. The van der Waals surface area contributed by atoms with Crippen molar-refractivity contribution < 1.29 is 9.53 Å². The molecule has 1 aliphatic carbocycles. The quantitative estimate of drug-likeness (QED) is 0.876. The van der Waals surface area contributed by atoms with Crippen LogP contribution in [0.3, 0.4) is 0 Å². The fourth-order valence-electron chi connectivity index (χ4n) is 3.21. The highest BCUT2D eigenvalue weighted by Crippen LogP contribution is 2.30. The molecule has 2 unspecified atom stereocenters. The van der Waals surface area contributed by atoms with E-state index >= 15 is 0 Å². The zero-order valence-corrected chi connectivity index (χ0v) is 12.7.